The van der Waals surface area contributed by atoms with Gasteiger partial charge < -0.3 is 16.0 Å². The van der Waals surface area contributed by atoms with Gasteiger partial charge in [0.15, 0.2) is 5.13 Å². The Morgan fingerprint density at radius 2 is 2.21 bits per heavy atom. The summed E-state index contributed by atoms with van der Waals surface area (Å²) in [5.74, 6) is -0.854. The second-order valence-corrected chi connectivity index (χ2v) is 7.92. The van der Waals surface area contributed by atoms with Crippen LogP contribution in [-0.2, 0) is 22.7 Å². The number of nitrogens with zero attached hydrogens (tertiary/aromatic N) is 2. The quantitative estimate of drug-likeness (QED) is 0.657. The van der Waals surface area contributed by atoms with Gasteiger partial charge in [0.2, 0.25) is 11.8 Å². The fraction of sp³-hybridized carbons (Fsp3) is 0.368. The lowest BCUT2D eigenvalue weighted by Gasteiger charge is -2.29. The maximum absolute atomic E-state index is 12.8. The Kier molecular flexibility index (Phi) is 4.86. The minimum absolute atomic E-state index is 0.118. The van der Waals surface area contributed by atoms with Crippen molar-refractivity contribution in [3.63, 3.8) is 0 Å². The van der Waals surface area contributed by atoms with Crippen LogP contribution in [-0.4, -0.2) is 33.6 Å². The van der Waals surface area contributed by atoms with E-state index in [4.69, 9.17) is 5.73 Å². The zero-order valence-corrected chi connectivity index (χ0v) is 16.2. The van der Waals surface area contributed by atoms with Gasteiger partial charge in [0.25, 0.3) is 5.91 Å². The summed E-state index contributed by atoms with van der Waals surface area (Å²) in [6, 6.07) is 4.87. The second kappa shape index (κ2) is 7.33. The zero-order chi connectivity index (χ0) is 19.8. The van der Waals surface area contributed by atoms with Crippen molar-refractivity contribution in [1.29, 1.82) is 0 Å². The molecule has 1 aromatic carbocycles. The lowest BCUT2D eigenvalue weighted by Crippen LogP contribution is -2.52. The zero-order valence-electron chi connectivity index (χ0n) is 15.4. The number of rotatable bonds is 5. The molecule has 0 radical (unpaired) electrons. The van der Waals surface area contributed by atoms with Gasteiger partial charge in [-0.25, -0.2) is 4.98 Å². The fourth-order valence-corrected chi connectivity index (χ4v) is 4.38. The first-order valence-corrected chi connectivity index (χ1v) is 10.0. The molecule has 1 fully saturated rings. The molecule has 8 nitrogen and oxygen atoms in total. The Labute approximate surface area is 166 Å². The molecular weight excluding hydrogens is 378 g/mol. The lowest BCUT2D eigenvalue weighted by atomic mass is 10.0. The Hall–Kier alpha value is -2.78. The van der Waals surface area contributed by atoms with Crippen molar-refractivity contribution in [3.05, 3.63) is 46.0 Å². The minimum atomic E-state index is -0.606. The first-order chi connectivity index (χ1) is 13.4. The molecule has 2 aromatic rings. The summed E-state index contributed by atoms with van der Waals surface area (Å²) in [5.41, 5.74) is 9.19. The van der Waals surface area contributed by atoms with Crippen LogP contribution in [0.3, 0.4) is 0 Å². The molecule has 0 bridgehead atoms. The number of imide groups is 1. The maximum atomic E-state index is 12.8. The molecule has 3 heterocycles. The van der Waals surface area contributed by atoms with E-state index in [9.17, 15) is 14.4 Å². The summed E-state index contributed by atoms with van der Waals surface area (Å²) in [7, 11) is 0. The van der Waals surface area contributed by atoms with Gasteiger partial charge in [-0.05, 0) is 30.5 Å². The van der Waals surface area contributed by atoms with Crippen LogP contribution in [0.25, 0.3) is 0 Å². The van der Waals surface area contributed by atoms with Crippen molar-refractivity contribution < 1.29 is 14.4 Å². The Bertz CT molecular complexity index is 955. The van der Waals surface area contributed by atoms with Crippen LogP contribution in [0, 0.1) is 0 Å². The molecule has 28 heavy (non-hydrogen) atoms. The van der Waals surface area contributed by atoms with Gasteiger partial charge >= 0.3 is 0 Å². The normalized spacial score (nSPS) is 20.1. The number of carbonyl (C=O) groups is 3. The number of hydrogen-bond donors (Lipinski definition) is 3. The molecule has 0 aliphatic carbocycles. The SMILES string of the molecule is C[C@@H](N)c1csc(NCc2cccc3c2CN(C2CCC(=O)NC2=O)C3=O)n1. The number of benzene rings is 1. The molecule has 4 rings (SSSR count). The number of aromatic nitrogens is 1. The molecule has 2 aliphatic rings. The molecule has 4 N–H and O–H groups in total. The number of nitrogens with two attached hydrogens (primary N) is 1. The number of fused-ring (bicyclic) bond motifs is 1. The second-order valence-electron chi connectivity index (χ2n) is 7.06. The maximum Gasteiger partial charge on any atom is 0.255 e. The highest BCUT2D eigenvalue weighted by molar-refractivity contribution is 7.13. The Balaban J connectivity index is 1.51. The first kappa shape index (κ1) is 18.6. The third-order valence-electron chi connectivity index (χ3n) is 5.10. The van der Waals surface area contributed by atoms with Crippen LogP contribution in [0.2, 0.25) is 0 Å². The summed E-state index contributed by atoms with van der Waals surface area (Å²) >= 11 is 1.49. The summed E-state index contributed by atoms with van der Waals surface area (Å²) < 4.78 is 0. The van der Waals surface area contributed by atoms with Crippen molar-refractivity contribution in [2.75, 3.05) is 5.32 Å². The van der Waals surface area contributed by atoms with Crippen LogP contribution in [0.5, 0.6) is 0 Å². The van der Waals surface area contributed by atoms with Crippen LogP contribution < -0.4 is 16.4 Å². The van der Waals surface area contributed by atoms with E-state index in [1.54, 1.807) is 11.0 Å². The van der Waals surface area contributed by atoms with Gasteiger partial charge in [-0.3, -0.25) is 19.7 Å². The summed E-state index contributed by atoms with van der Waals surface area (Å²) in [4.78, 5) is 42.4. The summed E-state index contributed by atoms with van der Waals surface area (Å²) in [6.07, 6.45) is 0.605. The molecule has 1 saturated heterocycles. The third kappa shape index (κ3) is 3.38. The van der Waals surface area contributed by atoms with Crippen molar-refractivity contribution in [1.82, 2.24) is 15.2 Å². The molecule has 9 heteroatoms. The van der Waals surface area contributed by atoms with Crippen LogP contribution >= 0.6 is 11.3 Å². The van der Waals surface area contributed by atoms with E-state index < -0.39 is 11.9 Å². The molecule has 2 aliphatic heterocycles. The average Bonchev–Trinajstić information content (AvgIpc) is 3.26. The number of carbonyl (C=O) groups excluding carboxylic acids is 3. The number of amides is 3. The van der Waals surface area contributed by atoms with Gasteiger partial charge in [-0.2, -0.15) is 0 Å². The van der Waals surface area contributed by atoms with E-state index in [0.29, 0.717) is 25.1 Å². The molecule has 3 amide bonds. The van der Waals surface area contributed by atoms with Crippen LogP contribution in [0.15, 0.2) is 23.6 Å². The van der Waals surface area contributed by atoms with Crippen LogP contribution in [0.1, 0.15) is 53.0 Å². The highest BCUT2D eigenvalue weighted by atomic mass is 32.1. The fourth-order valence-electron chi connectivity index (χ4n) is 3.56. The van der Waals surface area contributed by atoms with E-state index in [0.717, 1.165) is 22.0 Å². The summed E-state index contributed by atoms with van der Waals surface area (Å²) in [5, 5.41) is 8.31. The van der Waals surface area contributed by atoms with Gasteiger partial charge in [-0.1, -0.05) is 12.1 Å². The van der Waals surface area contributed by atoms with E-state index in [1.807, 2.05) is 24.4 Å². The van der Waals surface area contributed by atoms with Gasteiger partial charge in [-0.15, -0.1) is 11.3 Å². The number of anilines is 1. The number of thiazole rings is 1. The molecule has 146 valence electrons. The van der Waals surface area contributed by atoms with E-state index in [-0.39, 0.29) is 24.3 Å². The summed E-state index contributed by atoms with van der Waals surface area (Å²) in [6.45, 7) is 2.77. The molecule has 2 atom stereocenters. The number of piperidine rings is 1. The minimum Gasteiger partial charge on any atom is -0.357 e. The predicted molar refractivity (Wildman–Crippen MR) is 105 cm³/mol. The van der Waals surface area contributed by atoms with Crippen molar-refractivity contribution in [3.8, 4) is 0 Å². The number of nitrogens with one attached hydrogen (secondary N) is 2. The van der Waals surface area contributed by atoms with Crippen molar-refractivity contribution in [2.45, 2.75) is 44.9 Å². The monoisotopic (exact) mass is 399 g/mol. The molecule has 1 aromatic heterocycles. The lowest BCUT2D eigenvalue weighted by molar-refractivity contribution is -0.136. The van der Waals surface area contributed by atoms with E-state index >= 15 is 0 Å². The highest BCUT2D eigenvalue weighted by Gasteiger charge is 2.39. The molecule has 0 spiro atoms. The average molecular weight is 399 g/mol. The largest absolute Gasteiger partial charge is 0.357 e. The predicted octanol–water partition coefficient (Wildman–Crippen LogP) is 1.54. The molecule has 1 unspecified atom stereocenters. The standard InChI is InChI=1S/C19H21N5O3S/c1-10(20)14-9-28-19(22-14)21-7-11-3-2-4-12-13(11)8-24(18(12)27)15-5-6-16(25)23-17(15)26/h2-4,9-10,15H,5-8,20H2,1H3,(H,21,22)(H,23,25,26)/t10-,15?/m1/s1. The Morgan fingerprint density at radius 1 is 1.39 bits per heavy atom. The number of hydrogen-bond acceptors (Lipinski definition) is 7. The van der Waals surface area contributed by atoms with Gasteiger partial charge in [0.1, 0.15) is 6.04 Å². The highest BCUT2D eigenvalue weighted by Crippen LogP contribution is 2.30. The van der Waals surface area contributed by atoms with Gasteiger partial charge in [0, 0.05) is 36.5 Å². The third-order valence-corrected chi connectivity index (χ3v) is 5.92. The van der Waals surface area contributed by atoms with Crippen molar-refractivity contribution in [2.24, 2.45) is 5.73 Å². The Morgan fingerprint density at radius 3 is 2.93 bits per heavy atom. The topological polar surface area (TPSA) is 117 Å². The van der Waals surface area contributed by atoms with Gasteiger partial charge in [0.05, 0.1) is 5.69 Å². The van der Waals surface area contributed by atoms with Crippen molar-refractivity contribution >= 4 is 34.2 Å². The molecule has 0 saturated carbocycles. The first-order valence-electron chi connectivity index (χ1n) is 9.14. The van der Waals surface area contributed by atoms with Crippen LogP contribution in [0.4, 0.5) is 5.13 Å². The van der Waals surface area contributed by atoms with E-state index in [2.05, 4.69) is 15.6 Å². The smallest absolute Gasteiger partial charge is 0.255 e. The molecular formula is C19H21N5O3S. The van der Waals surface area contributed by atoms with E-state index in [1.165, 1.54) is 11.3 Å².